The van der Waals surface area contributed by atoms with Crippen molar-refractivity contribution in [3.63, 3.8) is 0 Å². The van der Waals surface area contributed by atoms with Crippen LogP contribution in [0.1, 0.15) is 24.0 Å². The number of thiocarbonyl (C=S) groups is 1. The van der Waals surface area contributed by atoms with Crippen LogP contribution in [0.5, 0.6) is 5.75 Å². The molecule has 0 aromatic heterocycles. The molecule has 29 heavy (non-hydrogen) atoms. The number of anilines is 2. The van der Waals surface area contributed by atoms with Crippen LogP contribution in [0, 0.1) is 12.8 Å². The molecule has 0 spiro atoms. The van der Waals surface area contributed by atoms with E-state index in [0.29, 0.717) is 5.69 Å². The summed E-state index contributed by atoms with van der Waals surface area (Å²) in [7, 11) is 1.60. The maximum atomic E-state index is 12.1. The number of rotatable bonds is 6. The molecular weight excluding hydrogens is 386 g/mol. The lowest BCUT2D eigenvalue weighted by Gasteiger charge is -2.12. The van der Waals surface area contributed by atoms with Gasteiger partial charge in [-0.05, 0) is 73.5 Å². The third-order valence-corrected chi connectivity index (χ3v) is 4.69. The zero-order valence-corrected chi connectivity index (χ0v) is 17.1. The van der Waals surface area contributed by atoms with Crippen molar-refractivity contribution in [3.05, 3.63) is 59.7 Å². The minimum atomic E-state index is -0.340. The number of hydrogen-bond acceptors (Lipinski definition) is 4. The second-order valence-corrected chi connectivity index (χ2v) is 7.25. The number of nitrogens with one attached hydrogen (secondary N) is 3. The number of hydrogen-bond donors (Lipinski definition) is 3. The molecule has 0 saturated heterocycles. The Hall–Kier alpha value is -3.19. The molecule has 1 saturated carbocycles. The quantitative estimate of drug-likeness (QED) is 0.498. The summed E-state index contributed by atoms with van der Waals surface area (Å²) in [4.78, 5) is 24.1. The van der Waals surface area contributed by atoms with E-state index < -0.39 is 0 Å². The highest BCUT2D eigenvalue weighted by Crippen LogP contribution is 2.31. The molecule has 1 aliphatic rings. The van der Waals surface area contributed by atoms with E-state index in [1.54, 1.807) is 19.3 Å². The standard InChI is InChI=1S/C22H23N3O3S/c1-14-3-9-17(13-19(14)24-21(27)16-7-8-16)23-22(29)25-20(26)12-6-15-4-10-18(28-2)11-5-15/h3-6,9-13,16H,7-8H2,1-2H3,(H,24,27)(H2,23,25,26,29)/b12-6+. The van der Waals surface area contributed by atoms with Gasteiger partial charge in [-0.2, -0.15) is 0 Å². The summed E-state index contributed by atoms with van der Waals surface area (Å²) in [6.45, 7) is 1.93. The number of benzene rings is 2. The van der Waals surface area contributed by atoms with Gasteiger partial charge in [0.15, 0.2) is 5.11 Å². The molecule has 150 valence electrons. The van der Waals surface area contributed by atoms with Crippen molar-refractivity contribution in [3.8, 4) is 5.75 Å². The largest absolute Gasteiger partial charge is 0.497 e. The SMILES string of the molecule is COc1ccc(/C=C/C(=O)NC(=S)Nc2ccc(C)c(NC(=O)C3CC3)c2)cc1. The first kappa shape index (κ1) is 20.5. The Morgan fingerprint density at radius 1 is 1.10 bits per heavy atom. The van der Waals surface area contributed by atoms with Crippen LogP contribution in [0.3, 0.4) is 0 Å². The van der Waals surface area contributed by atoms with E-state index in [1.165, 1.54) is 6.08 Å². The average Bonchev–Trinajstić information content (AvgIpc) is 3.54. The molecule has 0 unspecified atom stereocenters. The molecule has 1 fully saturated rings. The van der Waals surface area contributed by atoms with Gasteiger partial charge in [-0.25, -0.2) is 0 Å². The Morgan fingerprint density at radius 2 is 1.83 bits per heavy atom. The molecule has 0 heterocycles. The topological polar surface area (TPSA) is 79.5 Å². The molecule has 6 nitrogen and oxygen atoms in total. The summed E-state index contributed by atoms with van der Waals surface area (Å²) in [5.41, 5.74) is 3.25. The summed E-state index contributed by atoms with van der Waals surface area (Å²) in [6.07, 6.45) is 4.99. The lowest BCUT2D eigenvalue weighted by atomic mass is 10.1. The van der Waals surface area contributed by atoms with Crippen LogP contribution < -0.4 is 20.7 Å². The molecule has 3 rings (SSSR count). The summed E-state index contributed by atoms with van der Waals surface area (Å²) in [5.74, 6) is 0.587. The van der Waals surface area contributed by atoms with Gasteiger partial charge in [0, 0.05) is 23.4 Å². The second-order valence-electron chi connectivity index (χ2n) is 6.84. The maximum absolute atomic E-state index is 12.1. The highest BCUT2D eigenvalue weighted by molar-refractivity contribution is 7.80. The monoisotopic (exact) mass is 409 g/mol. The van der Waals surface area contributed by atoms with Crippen LogP contribution in [0.4, 0.5) is 11.4 Å². The first-order valence-electron chi connectivity index (χ1n) is 9.30. The lowest BCUT2D eigenvalue weighted by Crippen LogP contribution is -2.32. The van der Waals surface area contributed by atoms with Gasteiger partial charge < -0.3 is 15.4 Å². The molecular formula is C22H23N3O3S. The molecule has 7 heteroatoms. The lowest BCUT2D eigenvalue weighted by molar-refractivity contribution is -0.117. The molecule has 3 N–H and O–H groups in total. The van der Waals surface area contributed by atoms with Gasteiger partial charge in [-0.3, -0.25) is 14.9 Å². The van der Waals surface area contributed by atoms with Gasteiger partial charge in [0.25, 0.3) is 0 Å². The van der Waals surface area contributed by atoms with Crippen molar-refractivity contribution in [2.75, 3.05) is 17.7 Å². The predicted molar refractivity (Wildman–Crippen MR) is 119 cm³/mol. The van der Waals surface area contributed by atoms with E-state index in [0.717, 1.165) is 35.4 Å². The first-order chi connectivity index (χ1) is 13.9. The van der Waals surface area contributed by atoms with Gasteiger partial charge in [-0.15, -0.1) is 0 Å². The average molecular weight is 410 g/mol. The molecule has 2 amide bonds. The van der Waals surface area contributed by atoms with Crippen molar-refractivity contribution in [1.29, 1.82) is 0 Å². The number of carbonyl (C=O) groups is 2. The van der Waals surface area contributed by atoms with Crippen molar-refractivity contribution < 1.29 is 14.3 Å². The third-order valence-electron chi connectivity index (χ3n) is 4.48. The molecule has 0 aliphatic heterocycles. The van der Waals surface area contributed by atoms with E-state index >= 15 is 0 Å². The van der Waals surface area contributed by atoms with E-state index in [1.807, 2.05) is 43.3 Å². The number of amides is 2. The maximum Gasteiger partial charge on any atom is 0.250 e. The molecule has 1 aliphatic carbocycles. The van der Waals surface area contributed by atoms with Gasteiger partial charge in [0.05, 0.1) is 7.11 Å². The Bertz CT molecular complexity index is 950. The Labute approximate surface area is 175 Å². The van der Waals surface area contributed by atoms with Crippen molar-refractivity contribution in [2.24, 2.45) is 5.92 Å². The van der Waals surface area contributed by atoms with Crippen LogP contribution in [0.25, 0.3) is 6.08 Å². The molecule has 2 aromatic rings. The minimum Gasteiger partial charge on any atom is -0.497 e. The Kier molecular flexibility index (Phi) is 6.61. The van der Waals surface area contributed by atoms with Crippen LogP contribution in [0.15, 0.2) is 48.5 Å². The van der Waals surface area contributed by atoms with E-state index in [2.05, 4.69) is 16.0 Å². The zero-order valence-electron chi connectivity index (χ0n) is 16.3. The van der Waals surface area contributed by atoms with Crippen LogP contribution in [0.2, 0.25) is 0 Å². The fourth-order valence-corrected chi connectivity index (χ4v) is 2.84. The van der Waals surface area contributed by atoms with Gasteiger partial charge in [-0.1, -0.05) is 18.2 Å². The molecule has 0 bridgehead atoms. The normalized spacial score (nSPS) is 13.0. The van der Waals surface area contributed by atoms with Crippen molar-refractivity contribution in [1.82, 2.24) is 5.32 Å². The Morgan fingerprint density at radius 3 is 2.48 bits per heavy atom. The smallest absolute Gasteiger partial charge is 0.250 e. The van der Waals surface area contributed by atoms with E-state index in [4.69, 9.17) is 17.0 Å². The van der Waals surface area contributed by atoms with Gasteiger partial charge in [0.1, 0.15) is 5.75 Å². The molecule has 0 atom stereocenters. The van der Waals surface area contributed by atoms with E-state index in [9.17, 15) is 9.59 Å². The van der Waals surface area contributed by atoms with Gasteiger partial charge >= 0.3 is 0 Å². The van der Waals surface area contributed by atoms with Crippen molar-refractivity contribution >= 4 is 46.6 Å². The summed E-state index contributed by atoms with van der Waals surface area (Å²) in [5, 5.41) is 8.70. The summed E-state index contributed by atoms with van der Waals surface area (Å²) >= 11 is 5.21. The second kappa shape index (κ2) is 9.34. The number of ether oxygens (including phenoxy) is 1. The van der Waals surface area contributed by atoms with Crippen LogP contribution in [-0.2, 0) is 9.59 Å². The third kappa shape index (κ3) is 6.15. The molecule has 2 aromatic carbocycles. The van der Waals surface area contributed by atoms with Crippen LogP contribution in [-0.4, -0.2) is 24.0 Å². The minimum absolute atomic E-state index is 0.0461. The summed E-state index contributed by atoms with van der Waals surface area (Å²) < 4.78 is 5.10. The van der Waals surface area contributed by atoms with E-state index in [-0.39, 0.29) is 22.8 Å². The highest BCUT2D eigenvalue weighted by atomic mass is 32.1. The number of methoxy groups -OCH3 is 1. The highest BCUT2D eigenvalue weighted by Gasteiger charge is 2.29. The predicted octanol–water partition coefficient (Wildman–Crippen LogP) is 3.88. The first-order valence-corrected chi connectivity index (χ1v) is 9.71. The fraction of sp³-hybridized carbons (Fsp3) is 0.227. The van der Waals surface area contributed by atoms with Crippen molar-refractivity contribution in [2.45, 2.75) is 19.8 Å². The zero-order chi connectivity index (χ0) is 20.8. The number of carbonyl (C=O) groups excluding carboxylic acids is 2. The molecule has 0 radical (unpaired) electrons. The Balaban J connectivity index is 1.54. The van der Waals surface area contributed by atoms with Gasteiger partial charge in [0.2, 0.25) is 11.8 Å². The summed E-state index contributed by atoms with van der Waals surface area (Å²) in [6, 6.07) is 12.9. The fourth-order valence-electron chi connectivity index (χ4n) is 2.62. The van der Waals surface area contributed by atoms with Crippen LogP contribution >= 0.6 is 12.2 Å². The number of aryl methyl sites for hydroxylation is 1.